The van der Waals surface area contributed by atoms with E-state index < -0.39 is 27.8 Å². The van der Waals surface area contributed by atoms with Crippen LogP contribution in [0.15, 0.2) is 35.7 Å². The fraction of sp³-hybridized carbons (Fsp3) is 0.250. The summed E-state index contributed by atoms with van der Waals surface area (Å²) in [5, 5.41) is 0.846. The fourth-order valence-corrected chi connectivity index (χ4v) is 2.45. The zero-order valence-corrected chi connectivity index (χ0v) is 13.4. The summed E-state index contributed by atoms with van der Waals surface area (Å²) in [5.74, 6) is -1.08. The predicted molar refractivity (Wildman–Crippen MR) is 86.1 cm³/mol. The van der Waals surface area contributed by atoms with Gasteiger partial charge in [-0.2, -0.15) is 0 Å². The van der Waals surface area contributed by atoms with Crippen molar-refractivity contribution in [3.05, 3.63) is 41.3 Å². The van der Waals surface area contributed by atoms with Crippen LogP contribution in [0.1, 0.15) is 18.9 Å². The lowest BCUT2D eigenvalue weighted by atomic mass is 10.1. The van der Waals surface area contributed by atoms with Crippen molar-refractivity contribution in [2.24, 2.45) is 5.92 Å². The molecule has 1 amide bonds. The Morgan fingerprint density at radius 1 is 1.35 bits per heavy atom. The van der Waals surface area contributed by atoms with E-state index in [1.54, 1.807) is 42.0 Å². The number of hydrogen-bond donors (Lipinski definition) is 1. The summed E-state index contributed by atoms with van der Waals surface area (Å²) in [6.07, 6.45) is 6.18. The van der Waals surface area contributed by atoms with Gasteiger partial charge in [-0.15, -0.1) is 12.3 Å². The van der Waals surface area contributed by atoms with E-state index in [1.165, 1.54) is 6.08 Å². The Balaban J connectivity index is 2.82. The average molecular weight is 335 g/mol. The van der Waals surface area contributed by atoms with Crippen LogP contribution >= 0.6 is 0 Å². The molecule has 23 heavy (non-hydrogen) atoms. The first kappa shape index (κ1) is 18.5. The summed E-state index contributed by atoms with van der Waals surface area (Å²) in [4.78, 5) is 23.6. The van der Waals surface area contributed by atoms with Crippen molar-refractivity contribution < 1.29 is 22.7 Å². The maximum absolute atomic E-state index is 12.0. The van der Waals surface area contributed by atoms with Crippen LogP contribution in [0.4, 0.5) is 0 Å². The molecule has 1 aromatic carbocycles. The number of sulfonamides is 1. The van der Waals surface area contributed by atoms with E-state index in [0.29, 0.717) is 5.56 Å². The van der Waals surface area contributed by atoms with Gasteiger partial charge in [-0.1, -0.05) is 30.3 Å². The van der Waals surface area contributed by atoms with Crippen molar-refractivity contribution in [2.75, 3.05) is 6.61 Å². The zero-order valence-electron chi connectivity index (χ0n) is 12.6. The molecule has 7 heteroatoms. The highest BCUT2D eigenvalue weighted by molar-refractivity contribution is 7.93. The molecule has 0 aliphatic carbocycles. The maximum atomic E-state index is 12.0. The van der Waals surface area contributed by atoms with Crippen molar-refractivity contribution in [2.45, 2.75) is 13.3 Å². The van der Waals surface area contributed by atoms with E-state index in [9.17, 15) is 18.0 Å². The number of carbonyl (C=O) groups is 2. The third kappa shape index (κ3) is 6.36. The van der Waals surface area contributed by atoms with Crippen molar-refractivity contribution in [1.29, 1.82) is 0 Å². The molecule has 0 bridgehead atoms. The van der Waals surface area contributed by atoms with Gasteiger partial charge in [0.25, 0.3) is 10.0 Å². The number of carbonyl (C=O) groups excluding carboxylic acids is 2. The molecule has 1 unspecified atom stereocenters. The fourth-order valence-electron chi connectivity index (χ4n) is 1.62. The first-order chi connectivity index (χ1) is 10.9. The lowest BCUT2D eigenvalue weighted by molar-refractivity contribution is -0.151. The number of esters is 1. The smallest absolute Gasteiger partial charge is 0.319 e. The van der Waals surface area contributed by atoms with Crippen LogP contribution in [0.25, 0.3) is 6.08 Å². The Bertz CT molecular complexity index is 717. The molecule has 6 nitrogen and oxygen atoms in total. The number of amides is 1. The van der Waals surface area contributed by atoms with Gasteiger partial charge in [0, 0.05) is 6.42 Å². The summed E-state index contributed by atoms with van der Waals surface area (Å²) in [6.45, 7) is 1.63. The topological polar surface area (TPSA) is 89.5 Å². The van der Waals surface area contributed by atoms with E-state index in [2.05, 4.69) is 5.92 Å². The van der Waals surface area contributed by atoms with Crippen molar-refractivity contribution in [3.63, 3.8) is 0 Å². The number of benzene rings is 1. The predicted octanol–water partition coefficient (Wildman–Crippen LogP) is 1.31. The summed E-state index contributed by atoms with van der Waals surface area (Å²) in [6, 6.07) is 8.68. The highest BCUT2D eigenvalue weighted by Crippen LogP contribution is 2.08. The van der Waals surface area contributed by atoms with E-state index in [4.69, 9.17) is 11.2 Å². The van der Waals surface area contributed by atoms with Crippen molar-refractivity contribution in [3.8, 4) is 12.3 Å². The van der Waals surface area contributed by atoms with Gasteiger partial charge in [0.15, 0.2) is 0 Å². The second-order valence-electron chi connectivity index (χ2n) is 4.44. The van der Waals surface area contributed by atoms with Crippen LogP contribution in [0, 0.1) is 18.3 Å². The molecule has 0 radical (unpaired) electrons. The SMILES string of the molecule is C#CCC(C(=O)NS(=O)(=O)/C=C/c1ccccc1)C(=O)OCC. The van der Waals surface area contributed by atoms with Crippen molar-refractivity contribution >= 4 is 28.0 Å². The van der Waals surface area contributed by atoms with Gasteiger partial charge in [-0.05, 0) is 18.6 Å². The molecule has 1 rings (SSSR count). The standard InChI is InChI=1S/C16H17NO5S/c1-3-8-14(16(19)22-4-2)15(18)17-23(20,21)12-11-13-9-6-5-7-10-13/h1,5-7,9-12,14H,4,8H2,2H3,(H,17,18)/b12-11+. The average Bonchev–Trinajstić information content (AvgIpc) is 2.51. The van der Waals surface area contributed by atoms with Crippen LogP contribution in [-0.2, 0) is 24.3 Å². The Labute approximate surface area is 135 Å². The molecule has 122 valence electrons. The second kappa shape index (κ2) is 8.76. The van der Waals surface area contributed by atoms with Crippen LogP contribution in [0.3, 0.4) is 0 Å². The minimum absolute atomic E-state index is 0.0633. The first-order valence-electron chi connectivity index (χ1n) is 6.79. The number of rotatable bonds is 7. The van der Waals surface area contributed by atoms with Gasteiger partial charge in [0.05, 0.1) is 12.0 Å². The van der Waals surface area contributed by atoms with Crippen LogP contribution < -0.4 is 4.72 Å². The molecule has 0 aromatic heterocycles. The van der Waals surface area contributed by atoms with E-state index >= 15 is 0 Å². The number of nitrogens with one attached hydrogen (secondary N) is 1. The van der Waals surface area contributed by atoms with E-state index in [-0.39, 0.29) is 13.0 Å². The number of terminal acetylenes is 1. The molecule has 0 fully saturated rings. The molecule has 0 spiro atoms. The molecule has 0 aliphatic rings. The third-order valence-electron chi connectivity index (χ3n) is 2.69. The zero-order chi connectivity index (χ0) is 17.3. The molecular formula is C16H17NO5S. The van der Waals surface area contributed by atoms with E-state index in [0.717, 1.165) is 5.41 Å². The highest BCUT2D eigenvalue weighted by Gasteiger charge is 2.29. The molecule has 0 saturated carbocycles. The Morgan fingerprint density at radius 3 is 2.57 bits per heavy atom. The summed E-state index contributed by atoms with van der Waals surface area (Å²) in [7, 11) is -4.05. The van der Waals surface area contributed by atoms with Gasteiger partial charge < -0.3 is 4.74 Å². The minimum atomic E-state index is -4.05. The lowest BCUT2D eigenvalue weighted by Gasteiger charge is -2.12. The Morgan fingerprint density at radius 2 is 2.00 bits per heavy atom. The highest BCUT2D eigenvalue weighted by atomic mass is 32.2. The van der Waals surface area contributed by atoms with Gasteiger partial charge in [0.1, 0.15) is 5.92 Å². The van der Waals surface area contributed by atoms with Gasteiger partial charge in [-0.25, -0.2) is 13.1 Å². The molecule has 0 aliphatic heterocycles. The van der Waals surface area contributed by atoms with E-state index in [1.807, 2.05) is 0 Å². The first-order valence-corrected chi connectivity index (χ1v) is 8.34. The molecular weight excluding hydrogens is 318 g/mol. The molecule has 0 saturated heterocycles. The van der Waals surface area contributed by atoms with Crippen LogP contribution in [-0.4, -0.2) is 26.9 Å². The summed E-state index contributed by atoms with van der Waals surface area (Å²) < 4.78 is 30.3. The monoisotopic (exact) mass is 335 g/mol. The third-order valence-corrected chi connectivity index (χ3v) is 3.67. The Hall–Kier alpha value is -2.59. The Kier molecular flexibility index (Phi) is 7.03. The van der Waals surface area contributed by atoms with Gasteiger partial charge in [-0.3, -0.25) is 9.59 Å². The molecule has 1 aromatic rings. The van der Waals surface area contributed by atoms with Crippen LogP contribution in [0.5, 0.6) is 0 Å². The number of hydrogen-bond acceptors (Lipinski definition) is 5. The van der Waals surface area contributed by atoms with Crippen LogP contribution in [0.2, 0.25) is 0 Å². The maximum Gasteiger partial charge on any atom is 0.319 e. The largest absolute Gasteiger partial charge is 0.465 e. The quantitative estimate of drug-likeness (QED) is 0.461. The molecule has 1 atom stereocenters. The molecule has 0 heterocycles. The van der Waals surface area contributed by atoms with Crippen molar-refractivity contribution in [1.82, 2.24) is 4.72 Å². The summed E-state index contributed by atoms with van der Waals surface area (Å²) >= 11 is 0. The normalized spacial score (nSPS) is 12.3. The lowest BCUT2D eigenvalue weighted by Crippen LogP contribution is -2.38. The second-order valence-corrected chi connectivity index (χ2v) is 6.00. The number of ether oxygens (including phenoxy) is 1. The van der Waals surface area contributed by atoms with Gasteiger partial charge in [0.2, 0.25) is 5.91 Å². The minimum Gasteiger partial charge on any atom is -0.465 e. The molecule has 1 N–H and O–H groups in total. The summed E-state index contributed by atoms with van der Waals surface area (Å²) in [5.41, 5.74) is 0.649. The van der Waals surface area contributed by atoms with Gasteiger partial charge >= 0.3 is 5.97 Å².